The summed E-state index contributed by atoms with van der Waals surface area (Å²) in [6.45, 7) is 0.476. The Morgan fingerprint density at radius 1 is 0.963 bits per heavy atom. The van der Waals surface area contributed by atoms with Crippen LogP contribution in [0.4, 0.5) is 0 Å². The third-order valence-corrected chi connectivity index (χ3v) is 5.35. The molecule has 140 valence electrons. The summed E-state index contributed by atoms with van der Waals surface area (Å²) < 4.78 is 29.0. The van der Waals surface area contributed by atoms with Gasteiger partial charge < -0.3 is 23.7 Å². The highest BCUT2D eigenvalue weighted by Gasteiger charge is 2.19. The van der Waals surface area contributed by atoms with Gasteiger partial charge in [0.1, 0.15) is 12.1 Å². The zero-order chi connectivity index (χ0) is 19.0. The molecule has 0 aliphatic carbocycles. The van der Waals surface area contributed by atoms with E-state index < -0.39 is 0 Å². The average molecular weight is 498 g/mol. The highest BCUT2D eigenvalue weighted by atomic mass is 79.9. The lowest BCUT2D eigenvalue weighted by Crippen LogP contribution is -2.01. The monoisotopic (exact) mass is 496 g/mol. The molecule has 0 N–H and O–H groups in total. The Morgan fingerprint density at radius 2 is 1.67 bits per heavy atom. The van der Waals surface area contributed by atoms with E-state index in [1.54, 1.807) is 20.3 Å². The molecular weight excluding hydrogens is 484 g/mol. The van der Waals surface area contributed by atoms with Gasteiger partial charge in [0.05, 0.1) is 19.6 Å². The molecule has 0 saturated heterocycles. The fourth-order valence-electron chi connectivity index (χ4n) is 2.74. The van der Waals surface area contributed by atoms with Crippen molar-refractivity contribution in [2.24, 2.45) is 0 Å². The normalized spacial score (nSPS) is 12.3. The van der Waals surface area contributed by atoms with Crippen molar-refractivity contribution in [3.8, 4) is 28.7 Å². The van der Waals surface area contributed by atoms with E-state index in [0.717, 1.165) is 15.4 Å². The minimum absolute atomic E-state index is 0.190. The van der Waals surface area contributed by atoms with Crippen molar-refractivity contribution in [1.82, 2.24) is 10.2 Å². The number of rotatable bonds is 5. The maximum absolute atomic E-state index is 6.08. The molecule has 0 saturated carbocycles. The summed E-state index contributed by atoms with van der Waals surface area (Å²) in [5.41, 5.74) is 1.55. The summed E-state index contributed by atoms with van der Waals surface area (Å²) in [5, 5.41) is 9.08. The lowest BCUT2D eigenvalue weighted by atomic mass is 10.2. The maximum Gasteiger partial charge on any atom is 0.231 e. The highest BCUT2D eigenvalue weighted by Crippen LogP contribution is 2.41. The number of aromatic nitrogens is 2. The van der Waals surface area contributed by atoms with Crippen molar-refractivity contribution in [3.63, 3.8) is 0 Å². The van der Waals surface area contributed by atoms with E-state index in [9.17, 15) is 0 Å². The second-order valence-electron chi connectivity index (χ2n) is 5.63. The van der Waals surface area contributed by atoms with Gasteiger partial charge in [0.25, 0.3) is 0 Å². The topological polar surface area (TPSA) is 71.9 Å². The predicted octanol–water partition coefficient (Wildman–Crippen LogP) is 4.48. The maximum atomic E-state index is 6.08. The summed E-state index contributed by atoms with van der Waals surface area (Å²) in [6.07, 6.45) is 0. The first-order valence-corrected chi connectivity index (χ1v) is 9.48. The Hall–Kier alpha value is -2.26. The number of benzene rings is 2. The molecule has 3 aromatic rings. The van der Waals surface area contributed by atoms with Crippen molar-refractivity contribution in [2.75, 3.05) is 21.0 Å². The lowest BCUT2D eigenvalue weighted by Gasteiger charge is -2.14. The first-order chi connectivity index (χ1) is 13.1. The third-order valence-electron chi connectivity index (χ3n) is 4.09. The van der Waals surface area contributed by atoms with Gasteiger partial charge in [-0.2, -0.15) is 0 Å². The molecule has 7 nitrogen and oxygen atoms in total. The summed E-state index contributed by atoms with van der Waals surface area (Å²) >= 11 is 6.96. The molecule has 9 heteroatoms. The van der Waals surface area contributed by atoms with Gasteiger partial charge in [-0.25, -0.2) is 0 Å². The molecule has 27 heavy (non-hydrogen) atoms. The molecule has 0 atom stereocenters. The van der Waals surface area contributed by atoms with E-state index in [1.807, 2.05) is 18.2 Å². The number of halogens is 2. The van der Waals surface area contributed by atoms with E-state index >= 15 is 0 Å². The standard InChI is InChI=1S/C18H14Br2N2O5/c1-23-13-3-9(11(19)5-14(13)24-2)7-25-17-10-4-15-16(27-8-26-15)6-12(10)21-22-18(17)20/h3-6H,7-8H2,1-2H3. The number of hydrogen-bond donors (Lipinski definition) is 0. The van der Waals surface area contributed by atoms with Crippen LogP contribution < -0.4 is 23.7 Å². The molecular formula is C18H14Br2N2O5. The van der Waals surface area contributed by atoms with E-state index in [0.29, 0.717) is 38.9 Å². The molecule has 0 amide bonds. The number of hydrogen-bond acceptors (Lipinski definition) is 7. The molecule has 2 aromatic carbocycles. The zero-order valence-electron chi connectivity index (χ0n) is 14.4. The molecule has 0 fully saturated rings. The molecule has 1 aliphatic heterocycles. The Labute approximate surface area is 171 Å². The van der Waals surface area contributed by atoms with Gasteiger partial charge in [0.15, 0.2) is 33.4 Å². The number of methoxy groups -OCH3 is 2. The van der Waals surface area contributed by atoms with E-state index in [4.69, 9.17) is 23.7 Å². The van der Waals surface area contributed by atoms with Crippen LogP contribution in [0.3, 0.4) is 0 Å². The van der Waals surface area contributed by atoms with Crippen molar-refractivity contribution in [3.05, 3.63) is 38.9 Å². The van der Waals surface area contributed by atoms with Gasteiger partial charge >= 0.3 is 0 Å². The molecule has 0 spiro atoms. The van der Waals surface area contributed by atoms with Crippen LogP contribution in [0.5, 0.6) is 28.7 Å². The van der Waals surface area contributed by atoms with Crippen LogP contribution in [0.2, 0.25) is 0 Å². The first-order valence-electron chi connectivity index (χ1n) is 7.89. The largest absolute Gasteiger partial charge is 0.493 e. The van der Waals surface area contributed by atoms with Crippen LogP contribution in [-0.4, -0.2) is 31.2 Å². The first kappa shape index (κ1) is 18.1. The highest BCUT2D eigenvalue weighted by molar-refractivity contribution is 9.10. The number of fused-ring (bicyclic) bond motifs is 2. The number of ether oxygens (including phenoxy) is 5. The Balaban J connectivity index is 1.69. The molecule has 0 unspecified atom stereocenters. The molecule has 1 aromatic heterocycles. The Bertz CT molecular complexity index is 1030. The van der Waals surface area contributed by atoms with Crippen molar-refractivity contribution < 1.29 is 23.7 Å². The van der Waals surface area contributed by atoms with Gasteiger partial charge in [0, 0.05) is 16.1 Å². The zero-order valence-corrected chi connectivity index (χ0v) is 17.6. The van der Waals surface area contributed by atoms with E-state index in [-0.39, 0.29) is 13.4 Å². The molecule has 0 bridgehead atoms. The van der Waals surface area contributed by atoms with Gasteiger partial charge in [-0.15, -0.1) is 10.2 Å². The summed E-state index contributed by atoms with van der Waals surface area (Å²) in [4.78, 5) is 0. The van der Waals surface area contributed by atoms with Crippen LogP contribution in [0.25, 0.3) is 10.9 Å². The lowest BCUT2D eigenvalue weighted by molar-refractivity contribution is 0.174. The average Bonchev–Trinajstić information content (AvgIpc) is 3.13. The van der Waals surface area contributed by atoms with Crippen LogP contribution in [0.15, 0.2) is 33.3 Å². The summed E-state index contributed by atoms with van der Waals surface area (Å²) in [6, 6.07) is 7.34. The second-order valence-corrected chi connectivity index (χ2v) is 7.24. The van der Waals surface area contributed by atoms with E-state index in [1.165, 1.54) is 0 Å². The number of nitrogens with zero attached hydrogens (tertiary/aromatic N) is 2. The molecule has 0 radical (unpaired) electrons. The van der Waals surface area contributed by atoms with Gasteiger partial charge in [-0.05, 0) is 34.1 Å². The minimum atomic E-state index is 0.190. The van der Waals surface area contributed by atoms with Crippen molar-refractivity contribution in [1.29, 1.82) is 0 Å². The van der Waals surface area contributed by atoms with Gasteiger partial charge in [-0.1, -0.05) is 15.9 Å². The van der Waals surface area contributed by atoms with E-state index in [2.05, 4.69) is 42.1 Å². The van der Waals surface area contributed by atoms with Crippen LogP contribution >= 0.6 is 31.9 Å². The predicted molar refractivity (Wildman–Crippen MR) is 105 cm³/mol. The second kappa shape index (κ2) is 7.40. The Kier molecular flexibility index (Phi) is 4.96. The fourth-order valence-corrected chi connectivity index (χ4v) is 3.59. The van der Waals surface area contributed by atoms with Crippen LogP contribution in [-0.2, 0) is 6.61 Å². The summed E-state index contributed by atoms with van der Waals surface area (Å²) in [5.74, 6) is 3.13. The molecule has 1 aliphatic rings. The quantitative estimate of drug-likeness (QED) is 0.514. The minimum Gasteiger partial charge on any atom is -0.493 e. The molecule has 4 rings (SSSR count). The smallest absolute Gasteiger partial charge is 0.231 e. The van der Waals surface area contributed by atoms with Gasteiger partial charge in [-0.3, -0.25) is 0 Å². The summed E-state index contributed by atoms with van der Waals surface area (Å²) in [7, 11) is 3.19. The molecule has 2 heterocycles. The van der Waals surface area contributed by atoms with Crippen molar-refractivity contribution in [2.45, 2.75) is 6.61 Å². The van der Waals surface area contributed by atoms with Crippen molar-refractivity contribution >= 4 is 42.8 Å². The SMILES string of the molecule is COc1cc(Br)c(COc2c(Br)nnc3cc4c(cc23)OCO4)cc1OC. The third kappa shape index (κ3) is 3.37. The fraction of sp³-hybridized carbons (Fsp3) is 0.222. The van der Waals surface area contributed by atoms with Crippen LogP contribution in [0.1, 0.15) is 5.56 Å². The Morgan fingerprint density at radius 3 is 2.41 bits per heavy atom. The van der Waals surface area contributed by atoms with Crippen LogP contribution in [0, 0.1) is 0 Å². The van der Waals surface area contributed by atoms with Gasteiger partial charge in [0.2, 0.25) is 6.79 Å².